The van der Waals surface area contributed by atoms with Crippen LogP contribution in [-0.4, -0.2) is 17.5 Å². The Labute approximate surface area is 162 Å². The van der Waals surface area contributed by atoms with E-state index in [0.717, 1.165) is 16.7 Å². The quantitative estimate of drug-likeness (QED) is 0.285. The number of nitro benzene ring substituents is 1. The van der Waals surface area contributed by atoms with Gasteiger partial charge in [0.2, 0.25) is 0 Å². The highest BCUT2D eigenvalue weighted by molar-refractivity contribution is 5.98. The molecule has 0 fully saturated rings. The Kier molecular flexibility index (Phi) is 5.83. The van der Waals surface area contributed by atoms with Crippen LogP contribution in [0.2, 0.25) is 0 Å². The number of hydrogen-bond acceptors (Lipinski definition) is 4. The summed E-state index contributed by atoms with van der Waals surface area (Å²) < 4.78 is 5.16. The van der Waals surface area contributed by atoms with E-state index in [0.29, 0.717) is 17.7 Å². The van der Waals surface area contributed by atoms with E-state index in [9.17, 15) is 14.9 Å². The lowest BCUT2D eigenvalue weighted by molar-refractivity contribution is -0.384. The van der Waals surface area contributed by atoms with E-state index in [1.165, 1.54) is 12.1 Å². The lowest BCUT2D eigenvalue weighted by atomic mass is 9.95. The average Bonchev–Trinajstić information content (AvgIpc) is 2.73. The molecule has 0 aliphatic carbocycles. The Bertz CT molecular complexity index is 1080. The first-order valence-electron chi connectivity index (χ1n) is 8.72. The zero-order valence-corrected chi connectivity index (χ0v) is 15.2. The number of rotatable bonds is 4. The molecule has 0 unspecified atom stereocenters. The van der Waals surface area contributed by atoms with Crippen LogP contribution in [0.1, 0.15) is 28.4 Å². The number of ether oxygens (including phenoxy) is 1. The summed E-state index contributed by atoms with van der Waals surface area (Å²) in [5, 5.41) is 10.8. The molecule has 0 saturated carbocycles. The summed E-state index contributed by atoms with van der Waals surface area (Å²) in [4.78, 5) is 22.6. The molecule has 0 bridgehead atoms. The van der Waals surface area contributed by atoms with Crippen molar-refractivity contribution in [2.45, 2.75) is 6.92 Å². The molecular formula is C23H17NO4. The molecule has 28 heavy (non-hydrogen) atoms. The standard InChI is InChI=1S/C23H17NO4/c1-2-28-23(25)22-10-6-5-9-21(22)20-8-4-3-7-18(20)14-11-17-12-15-19(16-13-17)24(26)27/h3-10,12-13,15-16H,2H2,1H3. The summed E-state index contributed by atoms with van der Waals surface area (Å²) in [6.45, 7) is 2.07. The van der Waals surface area contributed by atoms with Crippen molar-refractivity contribution in [3.8, 4) is 23.0 Å². The van der Waals surface area contributed by atoms with Gasteiger partial charge in [-0.25, -0.2) is 4.79 Å². The lowest BCUT2D eigenvalue weighted by Gasteiger charge is -2.10. The summed E-state index contributed by atoms with van der Waals surface area (Å²) in [6, 6.07) is 20.8. The van der Waals surface area contributed by atoms with Gasteiger partial charge in [-0.1, -0.05) is 48.2 Å². The van der Waals surface area contributed by atoms with Crippen LogP contribution >= 0.6 is 0 Å². The summed E-state index contributed by atoms with van der Waals surface area (Å²) in [7, 11) is 0. The highest BCUT2D eigenvalue weighted by Gasteiger charge is 2.14. The molecule has 0 heterocycles. The molecule has 5 heteroatoms. The highest BCUT2D eigenvalue weighted by Crippen LogP contribution is 2.27. The first-order chi connectivity index (χ1) is 13.6. The average molecular weight is 371 g/mol. The van der Waals surface area contributed by atoms with Gasteiger partial charge in [0.05, 0.1) is 17.1 Å². The van der Waals surface area contributed by atoms with Crippen LogP contribution < -0.4 is 0 Å². The molecule has 0 spiro atoms. The van der Waals surface area contributed by atoms with Crippen LogP contribution in [-0.2, 0) is 4.74 Å². The first-order valence-corrected chi connectivity index (χ1v) is 8.72. The fraction of sp³-hybridized carbons (Fsp3) is 0.0870. The molecule has 3 aromatic carbocycles. The molecule has 0 N–H and O–H groups in total. The van der Waals surface area contributed by atoms with Gasteiger partial charge in [0.1, 0.15) is 0 Å². The van der Waals surface area contributed by atoms with Gasteiger partial charge < -0.3 is 4.74 Å². The van der Waals surface area contributed by atoms with Gasteiger partial charge >= 0.3 is 5.97 Å². The molecule has 138 valence electrons. The van der Waals surface area contributed by atoms with Gasteiger partial charge in [-0.15, -0.1) is 0 Å². The van der Waals surface area contributed by atoms with Crippen LogP contribution in [0.3, 0.4) is 0 Å². The van der Waals surface area contributed by atoms with E-state index in [-0.39, 0.29) is 11.7 Å². The smallest absolute Gasteiger partial charge is 0.338 e. The van der Waals surface area contributed by atoms with Crippen molar-refractivity contribution >= 4 is 11.7 Å². The molecule has 0 aliphatic rings. The monoisotopic (exact) mass is 371 g/mol. The van der Waals surface area contributed by atoms with Crippen LogP contribution in [0.5, 0.6) is 0 Å². The van der Waals surface area contributed by atoms with Crippen molar-refractivity contribution in [1.82, 2.24) is 0 Å². The number of benzene rings is 3. The number of nitro groups is 1. The van der Waals surface area contributed by atoms with Crippen LogP contribution in [0.4, 0.5) is 5.69 Å². The zero-order chi connectivity index (χ0) is 19.9. The molecule has 3 rings (SSSR count). The number of esters is 1. The van der Waals surface area contributed by atoms with E-state index in [4.69, 9.17) is 4.74 Å². The predicted molar refractivity (Wildman–Crippen MR) is 107 cm³/mol. The van der Waals surface area contributed by atoms with Crippen molar-refractivity contribution in [3.05, 3.63) is 99.6 Å². The second-order valence-electron chi connectivity index (χ2n) is 5.87. The molecule has 0 aliphatic heterocycles. The number of non-ortho nitro benzene ring substituents is 1. The third-order valence-corrected chi connectivity index (χ3v) is 4.06. The second-order valence-corrected chi connectivity index (χ2v) is 5.87. The lowest BCUT2D eigenvalue weighted by Crippen LogP contribution is -2.06. The van der Waals surface area contributed by atoms with Crippen molar-refractivity contribution in [2.75, 3.05) is 6.61 Å². The molecule has 0 radical (unpaired) electrons. The highest BCUT2D eigenvalue weighted by atomic mass is 16.6. The third-order valence-electron chi connectivity index (χ3n) is 4.06. The summed E-state index contributed by atoms with van der Waals surface area (Å²) in [5.41, 5.74) is 3.48. The molecule has 0 aromatic heterocycles. The number of nitrogens with zero attached hydrogens (tertiary/aromatic N) is 1. The minimum Gasteiger partial charge on any atom is -0.462 e. The summed E-state index contributed by atoms with van der Waals surface area (Å²) >= 11 is 0. The molecule has 0 atom stereocenters. The minimum absolute atomic E-state index is 0.0225. The Balaban J connectivity index is 2.00. The second kappa shape index (κ2) is 8.65. The molecule has 0 saturated heterocycles. The van der Waals surface area contributed by atoms with E-state index < -0.39 is 4.92 Å². The van der Waals surface area contributed by atoms with Gasteiger partial charge in [-0.2, -0.15) is 0 Å². The topological polar surface area (TPSA) is 69.4 Å². The van der Waals surface area contributed by atoms with E-state index in [1.54, 1.807) is 31.2 Å². The number of carbonyl (C=O) groups excluding carboxylic acids is 1. The van der Waals surface area contributed by atoms with Crippen LogP contribution in [0, 0.1) is 22.0 Å². The zero-order valence-electron chi connectivity index (χ0n) is 15.2. The van der Waals surface area contributed by atoms with Gasteiger partial charge in [0.25, 0.3) is 5.69 Å². The van der Waals surface area contributed by atoms with E-state index in [1.807, 2.05) is 36.4 Å². The Morgan fingerprint density at radius 3 is 2.25 bits per heavy atom. The number of hydrogen-bond donors (Lipinski definition) is 0. The van der Waals surface area contributed by atoms with Crippen LogP contribution in [0.15, 0.2) is 72.8 Å². The normalized spacial score (nSPS) is 9.89. The van der Waals surface area contributed by atoms with Gasteiger partial charge in [0.15, 0.2) is 0 Å². The van der Waals surface area contributed by atoms with Gasteiger partial charge in [-0.3, -0.25) is 10.1 Å². The maximum absolute atomic E-state index is 12.3. The van der Waals surface area contributed by atoms with Crippen molar-refractivity contribution in [1.29, 1.82) is 0 Å². The largest absolute Gasteiger partial charge is 0.462 e. The van der Waals surface area contributed by atoms with Crippen molar-refractivity contribution < 1.29 is 14.5 Å². The Morgan fingerprint density at radius 1 is 0.929 bits per heavy atom. The minimum atomic E-state index is -0.446. The van der Waals surface area contributed by atoms with E-state index >= 15 is 0 Å². The maximum Gasteiger partial charge on any atom is 0.338 e. The molecule has 3 aromatic rings. The van der Waals surface area contributed by atoms with Crippen LogP contribution in [0.25, 0.3) is 11.1 Å². The van der Waals surface area contributed by atoms with Crippen molar-refractivity contribution in [2.24, 2.45) is 0 Å². The fourth-order valence-electron chi connectivity index (χ4n) is 2.74. The fourth-order valence-corrected chi connectivity index (χ4v) is 2.74. The van der Waals surface area contributed by atoms with E-state index in [2.05, 4.69) is 11.8 Å². The van der Waals surface area contributed by atoms with Gasteiger partial charge in [-0.05, 0) is 42.3 Å². The Hall–Kier alpha value is -3.91. The molecule has 5 nitrogen and oxygen atoms in total. The SMILES string of the molecule is CCOC(=O)c1ccccc1-c1ccccc1C#Cc1ccc([N+](=O)[O-])cc1. The summed E-state index contributed by atoms with van der Waals surface area (Å²) in [6.07, 6.45) is 0. The predicted octanol–water partition coefficient (Wildman–Crippen LogP) is 4.84. The Morgan fingerprint density at radius 2 is 1.57 bits per heavy atom. The third kappa shape index (κ3) is 4.25. The molecule has 0 amide bonds. The maximum atomic E-state index is 12.3. The molecular weight excluding hydrogens is 354 g/mol. The van der Waals surface area contributed by atoms with Gasteiger partial charge in [0, 0.05) is 23.3 Å². The number of carbonyl (C=O) groups is 1. The first kappa shape index (κ1) is 18.9. The summed E-state index contributed by atoms with van der Waals surface area (Å²) in [5.74, 6) is 5.75. The van der Waals surface area contributed by atoms with Crippen molar-refractivity contribution in [3.63, 3.8) is 0 Å².